The lowest BCUT2D eigenvalue weighted by Crippen LogP contribution is -2.10. The third-order valence-electron chi connectivity index (χ3n) is 10.1. The zero-order valence-electron chi connectivity index (χ0n) is 27.9. The van der Waals surface area contributed by atoms with Gasteiger partial charge in [-0.2, -0.15) is 0 Å². The van der Waals surface area contributed by atoms with Crippen LogP contribution in [0.15, 0.2) is 170 Å². The van der Waals surface area contributed by atoms with Crippen LogP contribution in [0.1, 0.15) is 16.9 Å². The van der Waals surface area contributed by atoms with E-state index in [1.807, 2.05) is 17.5 Å². The topological polar surface area (TPSA) is 21.1 Å². The van der Waals surface area contributed by atoms with E-state index in [4.69, 9.17) is 4.98 Å². The molecule has 0 radical (unpaired) electrons. The van der Waals surface area contributed by atoms with Crippen molar-refractivity contribution in [3.05, 3.63) is 180 Å². The first-order valence-electron chi connectivity index (χ1n) is 17.5. The first kappa shape index (κ1) is 29.7. The molecule has 0 bridgehead atoms. The molecule has 0 N–H and O–H groups in total. The summed E-state index contributed by atoms with van der Waals surface area (Å²) in [6.45, 7) is 0. The molecule has 4 heteroatoms. The SMILES string of the molecule is C1=Cc2sc3ccc(N(c4ccc(-c5ccccc5)cc4)c4ccc(-c5ccc6c(c5)c5ccccc5n6-c5ccccc5)nc4)cc3c2CC1. The minimum absolute atomic E-state index is 0.950. The van der Waals surface area contributed by atoms with Gasteiger partial charge in [0.05, 0.1) is 28.6 Å². The van der Waals surface area contributed by atoms with E-state index in [0.717, 1.165) is 46.8 Å². The Morgan fingerprint density at radius 1 is 0.549 bits per heavy atom. The predicted molar refractivity (Wildman–Crippen MR) is 217 cm³/mol. The van der Waals surface area contributed by atoms with Gasteiger partial charge in [0, 0.05) is 43.0 Å². The summed E-state index contributed by atoms with van der Waals surface area (Å²) >= 11 is 1.89. The Morgan fingerprint density at radius 3 is 2.08 bits per heavy atom. The van der Waals surface area contributed by atoms with Gasteiger partial charge in [-0.1, -0.05) is 91.0 Å². The third-order valence-corrected chi connectivity index (χ3v) is 11.3. The maximum atomic E-state index is 5.10. The fourth-order valence-corrected chi connectivity index (χ4v) is 8.83. The van der Waals surface area contributed by atoms with Crippen LogP contribution in [0.4, 0.5) is 17.1 Å². The number of fused-ring (bicyclic) bond motifs is 6. The quantitative estimate of drug-likeness (QED) is 0.175. The molecule has 51 heavy (non-hydrogen) atoms. The molecule has 242 valence electrons. The molecular formula is C47H33N3S. The van der Waals surface area contributed by atoms with E-state index in [2.05, 4.69) is 179 Å². The molecule has 0 saturated heterocycles. The number of pyridine rings is 1. The van der Waals surface area contributed by atoms with Crippen LogP contribution < -0.4 is 4.90 Å². The number of para-hydroxylation sites is 2. The van der Waals surface area contributed by atoms with Gasteiger partial charge in [-0.05, 0) is 114 Å². The van der Waals surface area contributed by atoms with Crippen molar-refractivity contribution in [2.75, 3.05) is 4.90 Å². The Kier molecular flexibility index (Phi) is 7.14. The third kappa shape index (κ3) is 5.15. The van der Waals surface area contributed by atoms with E-state index in [9.17, 15) is 0 Å². The maximum absolute atomic E-state index is 5.10. The highest BCUT2D eigenvalue weighted by atomic mass is 32.1. The molecule has 6 aromatic carbocycles. The summed E-state index contributed by atoms with van der Waals surface area (Å²) in [5.41, 5.74) is 12.7. The van der Waals surface area contributed by atoms with Crippen molar-refractivity contribution in [3.8, 4) is 28.1 Å². The lowest BCUT2D eigenvalue weighted by molar-refractivity contribution is 1.01. The van der Waals surface area contributed by atoms with Gasteiger partial charge in [-0.25, -0.2) is 0 Å². The number of rotatable bonds is 6. The lowest BCUT2D eigenvalue weighted by Gasteiger charge is -2.26. The standard InChI is InChI=1S/C47H33N3S/c1-3-11-32(12-4-1)33-19-22-36(23-20-33)49(37-25-28-47-42(30-37)40-16-8-10-18-46(40)51-47)38-24-26-43(48-31-38)34-21-27-45-41(29-34)39-15-7-9-17-44(39)50(45)35-13-5-2-6-14-35/h1-7,9-15,17-31H,8,16H2. The smallest absolute Gasteiger partial charge is 0.0703 e. The number of nitrogens with zero attached hydrogens (tertiary/aromatic N) is 3. The normalized spacial score (nSPS) is 12.5. The monoisotopic (exact) mass is 671 g/mol. The number of hydrogen-bond acceptors (Lipinski definition) is 3. The van der Waals surface area contributed by atoms with E-state index in [1.165, 1.54) is 53.5 Å². The van der Waals surface area contributed by atoms with Gasteiger partial charge in [0.2, 0.25) is 0 Å². The molecule has 0 unspecified atom stereocenters. The van der Waals surface area contributed by atoms with Crippen LogP contribution in [0.3, 0.4) is 0 Å². The number of benzene rings is 6. The minimum Gasteiger partial charge on any atom is -0.309 e. The van der Waals surface area contributed by atoms with Crippen molar-refractivity contribution < 1.29 is 0 Å². The second-order valence-electron chi connectivity index (χ2n) is 13.1. The maximum Gasteiger partial charge on any atom is 0.0703 e. The molecule has 1 aliphatic carbocycles. The highest BCUT2D eigenvalue weighted by Crippen LogP contribution is 2.42. The van der Waals surface area contributed by atoms with Crippen molar-refractivity contribution >= 4 is 66.4 Å². The molecule has 0 amide bonds. The fraction of sp³-hybridized carbons (Fsp3) is 0.0426. The zero-order valence-corrected chi connectivity index (χ0v) is 28.7. The Bertz CT molecular complexity index is 2720. The van der Waals surface area contributed by atoms with Crippen molar-refractivity contribution in [2.24, 2.45) is 0 Å². The Balaban J connectivity index is 1.07. The molecule has 0 atom stereocenters. The lowest BCUT2D eigenvalue weighted by atomic mass is 10.0. The van der Waals surface area contributed by atoms with E-state index in [-0.39, 0.29) is 0 Å². The Hall–Kier alpha value is -6.23. The van der Waals surface area contributed by atoms with Crippen LogP contribution in [0.25, 0.3) is 66.0 Å². The second-order valence-corrected chi connectivity index (χ2v) is 14.2. The average molecular weight is 672 g/mol. The van der Waals surface area contributed by atoms with Crippen molar-refractivity contribution in [1.82, 2.24) is 9.55 Å². The summed E-state index contributed by atoms with van der Waals surface area (Å²) in [4.78, 5) is 8.83. The number of thiophene rings is 1. The van der Waals surface area contributed by atoms with Gasteiger partial charge in [0.15, 0.2) is 0 Å². The molecule has 0 spiro atoms. The molecule has 0 saturated carbocycles. The first-order valence-corrected chi connectivity index (χ1v) is 18.3. The van der Waals surface area contributed by atoms with Crippen molar-refractivity contribution in [1.29, 1.82) is 0 Å². The van der Waals surface area contributed by atoms with Crippen molar-refractivity contribution in [2.45, 2.75) is 12.8 Å². The summed E-state index contributed by atoms with van der Waals surface area (Å²) in [6, 6.07) is 56.7. The molecule has 9 aromatic rings. The summed E-state index contributed by atoms with van der Waals surface area (Å²) in [5, 5.41) is 3.82. The van der Waals surface area contributed by atoms with Gasteiger partial charge in [-0.3, -0.25) is 4.98 Å². The number of hydrogen-bond donors (Lipinski definition) is 0. The zero-order chi connectivity index (χ0) is 33.7. The van der Waals surface area contributed by atoms with Gasteiger partial charge < -0.3 is 9.47 Å². The molecule has 3 aromatic heterocycles. The number of anilines is 3. The van der Waals surface area contributed by atoms with Gasteiger partial charge in [0.25, 0.3) is 0 Å². The van der Waals surface area contributed by atoms with Gasteiger partial charge in [0.1, 0.15) is 0 Å². The highest BCUT2D eigenvalue weighted by molar-refractivity contribution is 7.20. The summed E-state index contributed by atoms with van der Waals surface area (Å²) in [7, 11) is 0. The summed E-state index contributed by atoms with van der Waals surface area (Å²) in [6.07, 6.45) is 8.80. The molecular weight excluding hydrogens is 639 g/mol. The summed E-state index contributed by atoms with van der Waals surface area (Å²) < 4.78 is 3.69. The van der Waals surface area contributed by atoms with Crippen LogP contribution in [0.5, 0.6) is 0 Å². The number of aromatic nitrogens is 2. The Labute approximate surface area is 301 Å². The molecule has 0 fully saturated rings. The number of allylic oxidation sites excluding steroid dienone is 1. The van der Waals surface area contributed by atoms with Crippen LogP contribution in [0, 0.1) is 0 Å². The van der Waals surface area contributed by atoms with Gasteiger partial charge >= 0.3 is 0 Å². The van der Waals surface area contributed by atoms with E-state index >= 15 is 0 Å². The predicted octanol–water partition coefficient (Wildman–Crippen LogP) is 13.2. The average Bonchev–Trinajstić information content (AvgIpc) is 3.74. The van der Waals surface area contributed by atoms with Crippen LogP contribution >= 0.6 is 11.3 Å². The molecule has 3 heterocycles. The van der Waals surface area contributed by atoms with E-state index < -0.39 is 0 Å². The Morgan fingerprint density at radius 2 is 1.25 bits per heavy atom. The van der Waals surface area contributed by atoms with Crippen molar-refractivity contribution in [3.63, 3.8) is 0 Å². The minimum atomic E-state index is 0.950. The second kappa shape index (κ2) is 12.3. The van der Waals surface area contributed by atoms with Crippen LogP contribution in [-0.2, 0) is 6.42 Å². The fourth-order valence-electron chi connectivity index (χ4n) is 7.66. The van der Waals surface area contributed by atoms with Gasteiger partial charge in [-0.15, -0.1) is 11.3 Å². The molecule has 1 aliphatic rings. The molecule has 3 nitrogen and oxygen atoms in total. The summed E-state index contributed by atoms with van der Waals surface area (Å²) in [5.74, 6) is 0. The first-order chi connectivity index (χ1) is 25.3. The molecule has 10 rings (SSSR count). The highest BCUT2D eigenvalue weighted by Gasteiger charge is 2.19. The number of aryl methyl sites for hydroxylation is 1. The molecule has 0 aliphatic heterocycles. The van der Waals surface area contributed by atoms with E-state index in [1.54, 1.807) is 0 Å². The van der Waals surface area contributed by atoms with Crippen LogP contribution in [0.2, 0.25) is 0 Å². The van der Waals surface area contributed by atoms with E-state index in [0.29, 0.717) is 0 Å². The largest absolute Gasteiger partial charge is 0.309 e. The van der Waals surface area contributed by atoms with Crippen LogP contribution in [-0.4, -0.2) is 9.55 Å².